The van der Waals surface area contributed by atoms with Crippen LogP contribution in [-0.2, 0) is 0 Å². The predicted octanol–water partition coefficient (Wildman–Crippen LogP) is 3.58. The van der Waals surface area contributed by atoms with Gasteiger partial charge in [0, 0.05) is 5.39 Å². The average Bonchev–Trinajstić information content (AvgIpc) is 2.84. The van der Waals surface area contributed by atoms with Gasteiger partial charge in [0.2, 0.25) is 0 Å². The van der Waals surface area contributed by atoms with Crippen LogP contribution in [0.25, 0.3) is 11.0 Å². The second-order valence-electron chi connectivity index (χ2n) is 4.81. The lowest BCUT2D eigenvalue weighted by Gasteiger charge is -2.12. The minimum absolute atomic E-state index is 0.191. The molecular formula is C16H15FN2O. The molecule has 0 amide bonds. The number of rotatable bonds is 3. The minimum Gasteiger partial charge on any atom is -0.459 e. The SMILES string of the molecule is CNC(c1ccc(F)cn1)c1cc2cc(C)ccc2o1. The molecule has 3 nitrogen and oxygen atoms in total. The van der Waals surface area contributed by atoms with Crippen LogP contribution in [0.3, 0.4) is 0 Å². The van der Waals surface area contributed by atoms with Crippen molar-refractivity contribution < 1.29 is 8.81 Å². The lowest BCUT2D eigenvalue weighted by molar-refractivity contribution is 0.484. The number of aryl methyl sites for hydroxylation is 1. The predicted molar refractivity (Wildman–Crippen MR) is 76.0 cm³/mol. The molecule has 3 aromatic rings. The summed E-state index contributed by atoms with van der Waals surface area (Å²) in [7, 11) is 1.83. The van der Waals surface area contributed by atoms with Crippen molar-refractivity contribution in [2.24, 2.45) is 0 Å². The molecule has 2 aromatic heterocycles. The van der Waals surface area contributed by atoms with E-state index in [0.717, 1.165) is 22.4 Å². The molecule has 1 atom stereocenters. The number of aromatic nitrogens is 1. The Morgan fingerprint density at radius 3 is 2.75 bits per heavy atom. The van der Waals surface area contributed by atoms with Crippen LogP contribution in [0.2, 0.25) is 0 Å². The normalized spacial score (nSPS) is 12.8. The van der Waals surface area contributed by atoms with Crippen molar-refractivity contribution in [1.82, 2.24) is 10.3 Å². The molecule has 4 heteroatoms. The van der Waals surface area contributed by atoms with Crippen molar-refractivity contribution in [2.75, 3.05) is 7.05 Å². The molecule has 0 bridgehead atoms. The zero-order chi connectivity index (χ0) is 14.1. The van der Waals surface area contributed by atoms with Gasteiger partial charge in [-0.3, -0.25) is 4.98 Å². The zero-order valence-electron chi connectivity index (χ0n) is 11.4. The second kappa shape index (κ2) is 5.06. The first-order chi connectivity index (χ1) is 9.67. The van der Waals surface area contributed by atoms with Crippen LogP contribution in [0, 0.1) is 12.7 Å². The maximum absolute atomic E-state index is 13.0. The Hall–Kier alpha value is -2.20. The summed E-state index contributed by atoms with van der Waals surface area (Å²) < 4.78 is 18.8. The third-order valence-corrected chi connectivity index (χ3v) is 3.31. The van der Waals surface area contributed by atoms with Crippen molar-refractivity contribution in [3.8, 4) is 0 Å². The first-order valence-corrected chi connectivity index (χ1v) is 6.46. The molecule has 1 aromatic carbocycles. The smallest absolute Gasteiger partial charge is 0.141 e. The Morgan fingerprint density at radius 1 is 1.20 bits per heavy atom. The fourth-order valence-corrected chi connectivity index (χ4v) is 2.32. The van der Waals surface area contributed by atoms with E-state index in [9.17, 15) is 4.39 Å². The average molecular weight is 270 g/mol. The van der Waals surface area contributed by atoms with Crippen molar-refractivity contribution in [3.05, 3.63) is 65.4 Å². The molecule has 0 aliphatic rings. The number of benzene rings is 1. The van der Waals surface area contributed by atoms with E-state index in [1.165, 1.54) is 17.8 Å². The first kappa shape index (κ1) is 12.8. The second-order valence-corrected chi connectivity index (χ2v) is 4.81. The summed E-state index contributed by atoms with van der Waals surface area (Å²) in [5.41, 5.74) is 2.75. The molecular weight excluding hydrogens is 255 g/mol. The number of furan rings is 1. The van der Waals surface area contributed by atoms with Crippen molar-refractivity contribution >= 4 is 11.0 Å². The first-order valence-electron chi connectivity index (χ1n) is 6.46. The van der Waals surface area contributed by atoms with Gasteiger partial charge in [0.05, 0.1) is 11.9 Å². The number of halogens is 1. The lowest BCUT2D eigenvalue weighted by Crippen LogP contribution is -2.18. The van der Waals surface area contributed by atoms with Gasteiger partial charge in [-0.25, -0.2) is 4.39 Å². The van der Waals surface area contributed by atoms with Crippen molar-refractivity contribution in [1.29, 1.82) is 0 Å². The van der Waals surface area contributed by atoms with Crippen LogP contribution in [0.1, 0.15) is 23.1 Å². The van der Waals surface area contributed by atoms with Gasteiger partial charge < -0.3 is 9.73 Å². The molecule has 0 saturated carbocycles. The van der Waals surface area contributed by atoms with E-state index in [0.29, 0.717) is 0 Å². The molecule has 0 spiro atoms. The van der Waals surface area contributed by atoms with Crippen molar-refractivity contribution in [2.45, 2.75) is 13.0 Å². The maximum atomic E-state index is 13.0. The molecule has 0 fully saturated rings. The van der Waals surface area contributed by atoms with Crippen LogP contribution >= 0.6 is 0 Å². The quantitative estimate of drug-likeness (QED) is 0.790. The van der Waals surface area contributed by atoms with E-state index in [1.807, 2.05) is 32.2 Å². The number of pyridine rings is 1. The molecule has 3 rings (SSSR count). The van der Waals surface area contributed by atoms with Gasteiger partial charge in [-0.1, -0.05) is 11.6 Å². The summed E-state index contributed by atoms with van der Waals surface area (Å²) in [6, 6.07) is 10.9. The van der Waals surface area contributed by atoms with E-state index in [1.54, 1.807) is 6.07 Å². The Labute approximate surface area is 116 Å². The topological polar surface area (TPSA) is 38.1 Å². The summed E-state index contributed by atoms with van der Waals surface area (Å²) in [5.74, 6) is 0.427. The van der Waals surface area contributed by atoms with E-state index >= 15 is 0 Å². The molecule has 0 saturated heterocycles. The summed E-state index contributed by atoms with van der Waals surface area (Å²) in [5, 5.41) is 4.21. The van der Waals surface area contributed by atoms with E-state index in [4.69, 9.17) is 4.42 Å². The molecule has 102 valence electrons. The van der Waals surface area contributed by atoms with E-state index in [-0.39, 0.29) is 11.9 Å². The largest absolute Gasteiger partial charge is 0.459 e. The van der Waals surface area contributed by atoms with Crippen LogP contribution in [0.4, 0.5) is 4.39 Å². The van der Waals surface area contributed by atoms with Gasteiger partial charge >= 0.3 is 0 Å². The number of hydrogen-bond donors (Lipinski definition) is 1. The highest BCUT2D eigenvalue weighted by Crippen LogP contribution is 2.27. The van der Waals surface area contributed by atoms with Crippen LogP contribution in [0.5, 0.6) is 0 Å². The van der Waals surface area contributed by atoms with Gasteiger partial charge in [-0.2, -0.15) is 0 Å². The maximum Gasteiger partial charge on any atom is 0.141 e. The van der Waals surface area contributed by atoms with Crippen LogP contribution in [-0.4, -0.2) is 12.0 Å². The lowest BCUT2D eigenvalue weighted by atomic mass is 10.1. The molecule has 1 N–H and O–H groups in total. The number of nitrogens with zero attached hydrogens (tertiary/aromatic N) is 1. The number of nitrogens with one attached hydrogen (secondary N) is 1. The summed E-state index contributed by atoms with van der Waals surface area (Å²) in [6.07, 6.45) is 1.21. The molecule has 0 aliphatic carbocycles. The fourth-order valence-electron chi connectivity index (χ4n) is 2.32. The molecule has 0 aliphatic heterocycles. The highest BCUT2D eigenvalue weighted by molar-refractivity contribution is 5.78. The third kappa shape index (κ3) is 2.30. The summed E-state index contributed by atoms with van der Waals surface area (Å²) in [4.78, 5) is 4.12. The van der Waals surface area contributed by atoms with Gasteiger partial charge in [-0.05, 0) is 44.3 Å². The monoisotopic (exact) mass is 270 g/mol. The fraction of sp³-hybridized carbons (Fsp3) is 0.188. The van der Waals surface area contributed by atoms with Gasteiger partial charge in [0.15, 0.2) is 0 Å². The van der Waals surface area contributed by atoms with Crippen LogP contribution in [0.15, 0.2) is 47.0 Å². The number of fused-ring (bicyclic) bond motifs is 1. The number of hydrogen-bond acceptors (Lipinski definition) is 3. The molecule has 2 heterocycles. The Balaban J connectivity index is 2.04. The minimum atomic E-state index is -0.344. The standard InChI is InChI=1S/C16H15FN2O/c1-10-3-6-14-11(7-10)8-15(20-14)16(18-2)13-5-4-12(17)9-19-13/h3-9,16,18H,1-2H3. The van der Waals surface area contributed by atoms with Gasteiger partial charge in [0.1, 0.15) is 23.2 Å². The Morgan fingerprint density at radius 2 is 2.05 bits per heavy atom. The summed E-state index contributed by atoms with van der Waals surface area (Å²) >= 11 is 0. The summed E-state index contributed by atoms with van der Waals surface area (Å²) in [6.45, 7) is 2.04. The third-order valence-electron chi connectivity index (χ3n) is 3.31. The van der Waals surface area contributed by atoms with Crippen LogP contribution < -0.4 is 5.32 Å². The molecule has 20 heavy (non-hydrogen) atoms. The van der Waals surface area contributed by atoms with Gasteiger partial charge in [0.25, 0.3) is 0 Å². The van der Waals surface area contributed by atoms with E-state index in [2.05, 4.69) is 16.4 Å². The van der Waals surface area contributed by atoms with Crippen molar-refractivity contribution in [3.63, 3.8) is 0 Å². The highest BCUT2D eigenvalue weighted by Gasteiger charge is 2.18. The Kier molecular flexibility index (Phi) is 3.24. The highest BCUT2D eigenvalue weighted by atomic mass is 19.1. The zero-order valence-corrected chi connectivity index (χ0v) is 11.4. The Bertz CT molecular complexity index is 734. The van der Waals surface area contributed by atoms with Gasteiger partial charge in [-0.15, -0.1) is 0 Å². The molecule has 1 unspecified atom stereocenters. The van der Waals surface area contributed by atoms with E-state index < -0.39 is 0 Å². The molecule has 0 radical (unpaired) electrons.